The first-order chi connectivity index (χ1) is 8.08. The number of H-pyrrole nitrogens is 1. The molecule has 1 saturated carbocycles. The standard InChI is InChI=1S/C10H11FN2O4/c11-7-5-13(9(15)12-8(7)14)10(16)17-6-3-1-2-4-6/h5-6H,1-4H2,(H,12,14,15). The van der Waals surface area contributed by atoms with Gasteiger partial charge in [-0.1, -0.05) is 0 Å². The van der Waals surface area contributed by atoms with Crippen molar-refractivity contribution in [3.8, 4) is 0 Å². The van der Waals surface area contributed by atoms with Gasteiger partial charge in [-0.25, -0.2) is 14.2 Å². The summed E-state index contributed by atoms with van der Waals surface area (Å²) in [6.07, 6.45) is 2.76. The quantitative estimate of drug-likeness (QED) is 0.782. The zero-order chi connectivity index (χ0) is 12.4. The SMILES string of the molecule is O=C(OC1CCCC1)n1cc(F)c(=O)[nH]c1=O. The topological polar surface area (TPSA) is 81.2 Å². The molecule has 2 rings (SSSR count). The van der Waals surface area contributed by atoms with E-state index in [4.69, 9.17) is 4.74 Å². The highest BCUT2D eigenvalue weighted by atomic mass is 19.1. The zero-order valence-electron chi connectivity index (χ0n) is 8.94. The highest BCUT2D eigenvalue weighted by Gasteiger charge is 2.21. The third kappa shape index (κ3) is 2.43. The van der Waals surface area contributed by atoms with Gasteiger partial charge in [-0.3, -0.25) is 9.78 Å². The predicted molar refractivity (Wildman–Crippen MR) is 55.4 cm³/mol. The molecule has 6 nitrogen and oxygen atoms in total. The number of carbonyl (C=O) groups excluding carboxylic acids is 1. The molecular formula is C10H11FN2O4. The summed E-state index contributed by atoms with van der Waals surface area (Å²) in [7, 11) is 0. The second kappa shape index (κ2) is 4.52. The Morgan fingerprint density at radius 3 is 2.71 bits per heavy atom. The van der Waals surface area contributed by atoms with Gasteiger partial charge in [0, 0.05) is 0 Å². The van der Waals surface area contributed by atoms with Crippen molar-refractivity contribution < 1.29 is 13.9 Å². The van der Waals surface area contributed by atoms with Gasteiger partial charge in [-0.15, -0.1) is 0 Å². The van der Waals surface area contributed by atoms with Crippen molar-refractivity contribution in [3.05, 3.63) is 32.9 Å². The molecular weight excluding hydrogens is 231 g/mol. The number of hydrogen-bond acceptors (Lipinski definition) is 4. The molecule has 17 heavy (non-hydrogen) atoms. The van der Waals surface area contributed by atoms with Gasteiger partial charge in [-0.05, 0) is 25.7 Å². The monoisotopic (exact) mass is 242 g/mol. The van der Waals surface area contributed by atoms with E-state index in [0.29, 0.717) is 10.8 Å². The lowest BCUT2D eigenvalue weighted by Crippen LogP contribution is -2.36. The second-order valence-electron chi connectivity index (χ2n) is 3.90. The number of nitrogens with one attached hydrogen (secondary N) is 1. The average molecular weight is 242 g/mol. The molecule has 92 valence electrons. The first-order valence-electron chi connectivity index (χ1n) is 5.30. The van der Waals surface area contributed by atoms with Gasteiger partial charge in [0.1, 0.15) is 6.10 Å². The van der Waals surface area contributed by atoms with Crippen molar-refractivity contribution in [2.45, 2.75) is 31.8 Å². The van der Waals surface area contributed by atoms with Crippen LogP contribution in [0, 0.1) is 5.82 Å². The third-order valence-electron chi connectivity index (χ3n) is 2.67. The van der Waals surface area contributed by atoms with E-state index in [2.05, 4.69) is 0 Å². The first kappa shape index (κ1) is 11.6. The summed E-state index contributed by atoms with van der Waals surface area (Å²) in [5.74, 6) is -1.20. The molecule has 1 aliphatic rings. The molecule has 1 fully saturated rings. The molecule has 1 N–H and O–H groups in total. The van der Waals surface area contributed by atoms with Crippen LogP contribution in [0.3, 0.4) is 0 Å². The number of rotatable bonds is 1. The van der Waals surface area contributed by atoms with Crippen molar-refractivity contribution in [1.29, 1.82) is 0 Å². The van der Waals surface area contributed by atoms with E-state index in [0.717, 1.165) is 25.7 Å². The second-order valence-corrected chi connectivity index (χ2v) is 3.90. The van der Waals surface area contributed by atoms with E-state index in [1.54, 1.807) is 4.98 Å². The van der Waals surface area contributed by atoms with Crippen molar-refractivity contribution in [2.24, 2.45) is 0 Å². The Morgan fingerprint density at radius 2 is 2.06 bits per heavy atom. The van der Waals surface area contributed by atoms with Crippen LogP contribution in [0.2, 0.25) is 0 Å². The van der Waals surface area contributed by atoms with Crippen molar-refractivity contribution in [1.82, 2.24) is 9.55 Å². The Morgan fingerprint density at radius 1 is 1.41 bits per heavy atom. The summed E-state index contributed by atoms with van der Waals surface area (Å²) in [4.78, 5) is 35.2. The summed E-state index contributed by atoms with van der Waals surface area (Å²) in [6, 6.07) is 0. The van der Waals surface area contributed by atoms with Gasteiger partial charge < -0.3 is 4.74 Å². The first-order valence-corrected chi connectivity index (χ1v) is 5.30. The molecule has 0 unspecified atom stereocenters. The number of hydrogen-bond donors (Lipinski definition) is 1. The van der Waals surface area contributed by atoms with E-state index in [9.17, 15) is 18.8 Å². The zero-order valence-corrected chi connectivity index (χ0v) is 8.94. The number of halogens is 1. The molecule has 0 aromatic carbocycles. The van der Waals surface area contributed by atoms with Crippen LogP contribution in [0.15, 0.2) is 15.8 Å². The summed E-state index contributed by atoms with van der Waals surface area (Å²) < 4.78 is 18.4. The molecule has 0 atom stereocenters. The maximum atomic E-state index is 12.9. The maximum Gasteiger partial charge on any atom is 0.422 e. The van der Waals surface area contributed by atoms with Crippen molar-refractivity contribution in [2.75, 3.05) is 0 Å². The molecule has 0 saturated heterocycles. The highest BCUT2D eigenvalue weighted by molar-refractivity contribution is 5.70. The van der Waals surface area contributed by atoms with Gasteiger partial charge in [0.05, 0.1) is 6.20 Å². The number of aromatic nitrogens is 2. The van der Waals surface area contributed by atoms with Crippen LogP contribution >= 0.6 is 0 Å². The van der Waals surface area contributed by atoms with Crippen LogP contribution in [0.1, 0.15) is 25.7 Å². The highest BCUT2D eigenvalue weighted by Crippen LogP contribution is 2.21. The largest absolute Gasteiger partial charge is 0.446 e. The molecule has 0 bridgehead atoms. The van der Waals surface area contributed by atoms with Crippen LogP contribution in [0.5, 0.6) is 0 Å². The van der Waals surface area contributed by atoms with Crippen molar-refractivity contribution >= 4 is 6.09 Å². The van der Waals surface area contributed by atoms with Gasteiger partial charge >= 0.3 is 11.8 Å². The van der Waals surface area contributed by atoms with Gasteiger partial charge in [0.25, 0.3) is 5.56 Å². The minimum Gasteiger partial charge on any atom is -0.446 e. The number of ether oxygens (including phenoxy) is 1. The summed E-state index contributed by atoms with van der Waals surface area (Å²) in [6.45, 7) is 0. The molecule has 1 heterocycles. The molecule has 1 aromatic heterocycles. The molecule has 1 aromatic rings. The molecule has 0 spiro atoms. The lowest BCUT2D eigenvalue weighted by molar-refractivity contribution is 0.101. The van der Waals surface area contributed by atoms with Gasteiger partial charge in [-0.2, -0.15) is 4.39 Å². The summed E-state index contributed by atoms with van der Waals surface area (Å²) >= 11 is 0. The Kier molecular flexibility index (Phi) is 3.08. The molecule has 0 amide bonds. The molecule has 0 aliphatic heterocycles. The Hall–Kier alpha value is -1.92. The molecule has 0 radical (unpaired) electrons. The van der Waals surface area contributed by atoms with Crippen LogP contribution < -0.4 is 11.2 Å². The van der Waals surface area contributed by atoms with E-state index >= 15 is 0 Å². The van der Waals surface area contributed by atoms with Gasteiger partial charge in [0.15, 0.2) is 0 Å². The minimum absolute atomic E-state index is 0.232. The summed E-state index contributed by atoms with van der Waals surface area (Å²) in [5.41, 5.74) is -2.15. The molecule has 7 heteroatoms. The van der Waals surface area contributed by atoms with E-state index in [1.807, 2.05) is 0 Å². The Bertz CT molecular complexity index is 542. The number of nitrogens with zero attached hydrogens (tertiary/aromatic N) is 1. The Labute approximate surface area is 95.0 Å². The number of aromatic amines is 1. The van der Waals surface area contributed by atoms with Crippen LogP contribution in [0.4, 0.5) is 9.18 Å². The predicted octanol–water partition coefficient (Wildman–Crippen LogP) is 0.603. The minimum atomic E-state index is -1.20. The lowest BCUT2D eigenvalue weighted by atomic mass is 10.3. The van der Waals surface area contributed by atoms with E-state index in [-0.39, 0.29) is 6.10 Å². The Balaban J connectivity index is 2.21. The van der Waals surface area contributed by atoms with Crippen LogP contribution in [0.25, 0.3) is 0 Å². The fourth-order valence-corrected chi connectivity index (χ4v) is 1.79. The number of carbonyl (C=O) groups is 1. The molecule has 1 aliphatic carbocycles. The fraction of sp³-hybridized carbons (Fsp3) is 0.500. The van der Waals surface area contributed by atoms with E-state index in [1.165, 1.54) is 0 Å². The van der Waals surface area contributed by atoms with E-state index < -0.39 is 23.2 Å². The van der Waals surface area contributed by atoms with Crippen LogP contribution in [-0.2, 0) is 4.74 Å². The smallest absolute Gasteiger partial charge is 0.422 e. The van der Waals surface area contributed by atoms with Crippen LogP contribution in [-0.4, -0.2) is 21.7 Å². The fourth-order valence-electron chi connectivity index (χ4n) is 1.79. The maximum absolute atomic E-state index is 12.9. The normalized spacial score (nSPS) is 16.1. The average Bonchev–Trinajstić information content (AvgIpc) is 2.76. The van der Waals surface area contributed by atoms with Crippen molar-refractivity contribution in [3.63, 3.8) is 0 Å². The summed E-state index contributed by atoms with van der Waals surface area (Å²) in [5, 5.41) is 0. The third-order valence-corrected chi connectivity index (χ3v) is 2.67. The van der Waals surface area contributed by atoms with Gasteiger partial charge in [0.2, 0.25) is 5.82 Å². The lowest BCUT2D eigenvalue weighted by Gasteiger charge is -2.11.